The van der Waals surface area contributed by atoms with Crippen molar-refractivity contribution in [1.29, 1.82) is 0 Å². The Morgan fingerprint density at radius 1 is 0.873 bits per heavy atom. The van der Waals surface area contributed by atoms with Crippen molar-refractivity contribution in [2.75, 3.05) is 80.9 Å². The maximum atomic E-state index is 13.4. The second-order valence-corrected chi connectivity index (χ2v) is 14.3. The van der Waals surface area contributed by atoms with Gasteiger partial charge in [0.15, 0.2) is 5.82 Å². The van der Waals surface area contributed by atoms with Crippen LogP contribution in [-0.2, 0) is 14.4 Å². The van der Waals surface area contributed by atoms with Gasteiger partial charge >= 0.3 is 0 Å². The highest BCUT2D eigenvalue weighted by molar-refractivity contribution is 6.33. The monoisotopic (exact) mass is 767 g/mol. The molecule has 3 saturated heterocycles. The number of piperazine rings is 1. The first-order chi connectivity index (χ1) is 26.8. The number of nitrogens with one attached hydrogen (secondary N) is 4. The Morgan fingerprint density at radius 2 is 1.60 bits per heavy atom. The van der Waals surface area contributed by atoms with Gasteiger partial charge in [0.05, 0.1) is 38.3 Å². The van der Waals surface area contributed by atoms with Gasteiger partial charge in [0.1, 0.15) is 22.6 Å². The number of benzene rings is 3. The fourth-order valence-electron chi connectivity index (χ4n) is 7.30. The van der Waals surface area contributed by atoms with Crippen molar-refractivity contribution in [3.8, 4) is 11.5 Å². The second-order valence-electron chi connectivity index (χ2n) is 13.9. The Balaban J connectivity index is 0.871. The normalized spacial score (nSPS) is 18.1. The van der Waals surface area contributed by atoms with Crippen LogP contribution in [0, 0.1) is 0 Å². The van der Waals surface area contributed by atoms with E-state index in [-0.39, 0.29) is 17.7 Å². The lowest BCUT2D eigenvalue weighted by atomic mass is 9.89. The first-order valence-corrected chi connectivity index (χ1v) is 19.0. The van der Waals surface area contributed by atoms with Gasteiger partial charge in [-0.25, -0.2) is 4.98 Å². The van der Waals surface area contributed by atoms with Gasteiger partial charge in [-0.1, -0.05) is 35.9 Å². The van der Waals surface area contributed by atoms with E-state index in [0.29, 0.717) is 72.4 Å². The third kappa shape index (κ3) is 9.20. The number of aromatic nitrogens is 2. The zero-order valence-electron chi connectivity index (χ0n) is 31.0. The Bertz CT molecular complexity index is 2000. The van der Waals surface area contributed by atoms with E-state index in [0.717, 1.165) is 56.1 Å². The average Bonchev–Trinajstić information content (AvgIpc) is 3.21. The Kier molecular flexibility index (Phi) is 11.8. The number of imide groups is 1. The number of rotatable bonds is 12. The molecule has 3 fully saturated rings. The van der Waals surface area contributed by atoms with E-state index < -0.39 is 6.04 Å². The molecule has 3 aliphatic rings. The van der Waals surface area contributed by atoms with Crippen LogP contribution in [0.1, 0.15) is 37.2 Å². The van der Waals surface area contributed by atoms with Crippen LogP contribution in [-0.4, -0.2) is 104 Å². The summed E-state index contributed by atoms with van der Waals surface area (Å²) in [6, 6.07) is 21.3. The first kappa shape index (κ1) is 37.7. The minimum absolute atomic E-state index is 0.168. The summed E-state index contributed by atoms with van der Waals surface area (Å²) in [5, 5.41) is 12.5. The molecule has 4 aromatic rings. The number of hydrogen-bond donors (Lipinski definition) is 4. The summed E-state index contributed by atoms with van der Waals surface area (Å²) in [5.41, 5.74) is 4.57. The molecule has 4 N–H and O–H groups in total. The highest BCUT2D eigenvalue weighted by Gasteiger charge is 2.28. The van der Waals surface area contributed by atoms with Crippen molar-refractivity contribution < 1.29 is 23.9 Å². The summed E-state index contributed by atoms with van der Waals surface area (Å²) in [6.45, 7) is 4.90. The van der Waals surface area contributed by atoms with Crippen molar-refractivity contribution in [3.63, 3.8) is 0 Å². The minimum Gasteiger partial charge on any atom is -0.495 e. The zero-order chi connectivity index (χ0) is 38.3. The quantitative estimate of drug-likeness (QED) is 0.137. The van der Waals surface area contributed by atoms with Crippen LogP contribution < -0.4 is 35.6 Å². The molecule has 3 aliphatic heterocycles. The number of amides is 3. The maximum absolute atomic E-state index is 13.4. The summed E-state index contributed by atoms with van der Waals surface area (Å²) in [6.07, 6.45) is 4.35. The van der Waals surface area contributed by atoms with Gasteiger partial charge < -0.3 is 35.2 Å². The molecule has 0 saturated carbocycles. The van der Waals surface area contributed by atoms with Crippen LogP contribution in [0.3, 0.4) is 0 Å². The van der Waals surface area contributed by atoms with Crippen molar-refractivity contribution in [1.82, 2.24) is 25.1 Å². The average molecular weight is 768 g/mol. The predicted octanol–water partition coefficient (Wildman–Crippen LogP) is 5.38. The number of hydrogen-bond acceptors (Lipinski definition) is 12. The maximum Gasteiger partial charge on any atom is 0.249 e. The molecule has 3 amide bonds. The lowest BCUT2D eigenvalue weighted by Crippen LogP contribution is -2.51. The van der Waals surface area contributed by atoms with E-state index in [1.54, 1.807) is 14.2 Å². The summed E-state index contributed by atoms with van der Waals surface area (Å²) in [5.74, 6) is 2.18. The van der Waals surface area contributed by atoms with Gasteiger partial charge in [0.25, 0.3) is 0 Å². The van der Waals surface area contributed by atoms with Crippen molar-refractivity contribution in [2.24, 2.45) is 0 Å². The van der Waals surface area contributed by atoms with Crippen molar-refractivity contribution in [2.45, 2.75) is 37.6 Å². The van der Waals surface area contributed by atoms with E-state index in [4.69, 9.17) is 21.1 Å². The number of halogens is 1. The highest BCUT2D eigenvalue weighted by Crippen LogP contribution is 2.34. The number of nitrogens with zero attached hydrogens (tertiary/aromatic N) is 5. The molecule has 1 aromatic heterocycles. The van der Waals surface area contributed by atoms with Gasteiger partial charge in [0.2, 0.25) is 23.7 Å². The molecule has 0 radical (unpaired) electrons. The molecule has 4 heterocycles. The molecule has 0 bridgehead atoms. The van der Waals surface area contributed by atoms with Crippen molar-refractivity contribution in [3.05, 3.63) is 83.5 Å². The van der Waals surface area contributed by atoms with Crippen LogP contribution in [0.4, 0.5) is 34.5 Å². The molecule has 55 heavy (non-hydrogen) atoms. The van der Waals surface area contributed by atoms with Crippen LogP contribution >= 0.6 is 11.6 Å². The minimum atomic E-state index is -0.396. The summed E-state index contributed by atoms with van der Waals surface area (Å²) in [4.78, 5) is 52.3. The van der Waals surface area contributed by atoms with E-state index in [9.17, 15) is 14.4 Å². The van der Waals surface area contributed by atoms with Crippen LogP contribution in [0.2, 0.25) is 5.02 Å². The number of likely N-dealkylation sites (tertiary alicyclic amines) is 1. The standard InChI is InChI=1S/C40H46ClN9O5/c1-54-34-6-4-3-5-31(34)44-38-30(41)24-42-40(47-38)45-32-12-11-29(23-35(32)55-2)49-19-21-50(22-20-49)37(52)25-48-17-15-27(16-18-48)26-7-9-28(10-8-26)43-33-13-14-36(51)46-39(33)53/h3-12,23-24,27,33,43H,13-22,25H2,1-2H3,(H,46,51,53)(H2,42,44,45,47). The van der Waals surface area contributed by atoms with Gasteiger partial charge in [-0.15, -0.1) is 0 Å². The van der Waals surface area contributed by atoms with Crippen LogP contribution in [0.25, 0.3) is 0 Å². The molecule has 14 nitrogen and oxygen atoms in total. The van der Waals surface area contributed by atoms with E-state index in [2.05, 4.69) is 53.2 Å². The Morgan fingerprint density at radius 3 is 2.33 bits per heavy atom. The molecule has 3 aromatic carbocycles. The van der Waals surface area contributed by atoms with E-state index >= 15 is 0 Å². The third-order valence-electron chi connectivity index (χ3n) is 10.4. The molecule has 7 rings (SSSR count). The molecule has 1 atom stereocenters. The molecular weight excluding hydrogens is 722 g/mol. The number of carbonyl (C=O) groups is 3. The molecule has 1 unspecified atom stereocenters. The smallest absolute Gasteiger partial charge is 0.249 e. The number of para-hydroxylation sites is 2. The number of carbonyl (C=O) groups excluding carboxylic acids is 3. The van der Waals surface area contributed by atoms with E-state index in [1.807, 2.05) is 59.5 Å². The predicted molar refractivity (Wildman–Crippen MR) is 213 cm³/mol. The van der Waals surface area contributed by atoms with Gasteiger partial charge in [-0.05, 0) is 80.2 Å². The van der Waals surface area contributed by atoms with Crippen LogP contribution in [0.5, 0.6) is 11.5 Å². The fraction of sp³-hybridized carbons (Fsp3) is 0.375. The lowest BCUT2D eigenvalue weighted by molar-refractivity contribution is -0.134. The number of piperidine rings is 2. The fourth-order valence-corrected chi connectivity index (χ4v) is 7.44. The number of ether oxygens (including phenoxy) is 2. The zero-order valence-corrected chi connectivity index (χ0v) is 31.8. The molecule has 288 valence electrons. The molecular formula is C40H46ClN9O5. The Labute approximate surface area is 325 Å². The summed E-state index contributed by atoms with van der Waals surface area (Å²) >= 11 is 6.42. The Hall–Kier alpha value is -5.60. The third-order valence-corrected chi connectivity index (χ3v) is 10.7. The van der Waals surface area contributed by atoms with Crippen LogP contribution in [0.15, 0.2) is 72.9 Å². The van der Waals surface area contributed by atoms with Gasteiger partial charge in [0, 0.05) is 50.0 Å². The van der Waals surface area contributed by atoms with E-state index in [1.165, 1.54) is 11.8 Å². The number of methoxy groups -OCH3 is 2. The highest BCUT2D eigenvalue weighted by atomic mass is 35.5. The SMILES string of the molecule is COc1cc(N2CCN(C(=O)CN3CCC(c4ccc(NC5CCC(=O)NC5=O)cc4)CC3)CC2)ccc1Nc1ncc(Cl)c(Nc2ccccc2OC)n1. The number of anilines is 6. The summed E-state index contributed by atoms with van der Waals surface area (Å²) < 4.78 is 11.2. The second kappa shape index (κ2) is 17.2. The first-order valence-electron chi connectivity index (χ1n) is 18.6. The topological polar surface area (TPSA) is 153 Å². The van der Waals surface area contributed by atoms with Gasteiger partial charge in [-0.3, -0.25) is 24.6 Å². The van der Waals surface area contributed by atoms with Crippen molar-refractivity contribution >= 4 is 63.8 Å². The molecule has 0 spiro atoms. The largest absolute Gasteiger partial charge is 0.495 e. The lowest BCUT2D eigenvalue weighted by Gasteiger charge is -2.38. The summed E-state index contributed by atoms with van der Waals surface area (Å²) in [7, 11) is 3.23. The van der Waals surface area contributed by atoms with Gasteiger partial charge in [-0.2, -0.15) is 4.98 Å². The molecule has 0 aliphatic carbocycles. The molecule has 15 heteroatoms.